The van der Waals surface area contributed by atoms with Gasteiger partial charge in [-0.25, -0.2) is 4.79 Å². The summed E-state index contributed by atoms with van der Waals surface area (Å²) in [6.07, 6.45) is 0.585. The van der Waals surface area contributed by atoms with Crippen molar-refractivity contribution < 1.29 is 19.4 Å². The summed E-state index contributed by atoms with van der Waals surface area (Å²) in [6.45, 7) is 4.25. The molecule has 0 atom stereocenters. The van der Waals surface area contributed by atoms with Crippen LogP contribution in [0.1, 0.15) is 20.3 Å². The molecule has 0 bridgehead atoms. The fourth-order valence-corrected chi connectivity index (χ4v) is 0.843. The van der Waals surface area contributed by atoms with Crippen molar-refractivity contribution in [1.82, 2.24) is 0 Å². The topological polar surface area (TPSA) is 55.8 Å². The van der Waals surface area contributed by atoms with Crippen LogP contribution in [0.5, 0.6) is 0 Å². The van der Waals surface area contributed by atoms with Crippen molar-refractivity contribution in [3.63, 3.8) is 0 Å². The Bertz CT molecular complexity index is 196. The molecule has 0 radical (unpaired) electrons. The van der Waals surface area contributed by atoms with E-state index in [2.05, 4.69) is 0 Å². The van der Waals surface area contributed by atoms with Gasteiger partial charge in [-0.3, -0.25) is 0 Å². The minimum absolute atomic E-state index is 0.263. The molecule has 0 aromatic rings. The number of allylic oxidation sites excluding steroid dienone is 1. The van der Waals surface area contributed by atoms with Crippen molar-refractivity contribution in [3.05, 3.63) is 11.3 Å². The minimum Gasteiger partial charge on any atom is -0.495 e. The predicted molar refractivity (Wildman–Crippen MR) is 48.5 cm³/mol. The van der Waals surface area contributed by atoms with Gasteiger partial charge in [0.25, 0.3) is 0 Å². The highest BCUT2D eigenvalue weighted by molar-refractivity contribution is 5.86. The molecule has 0 heterocycles. The number of aliphatic carboxylic acids is 1. The Kier molecular flexibility index (Phi) is 5.97. The molecule has 1 N–H and O–H groups in total. The van der Waals surface area contributed by atoms with Gasteiger partial charge in [0.2, 0.25) is 0 Å². The van der Waals surface area contributed by atoms with Crippen LogP contribution in [0.25, 0.3) is 0 Å². The molecule has 0 saturated carbocycles. The monoisotopic (exact) mass is 188 g/mol. The number of carbonyl (C=O) groups is 1. The van der Waals surface area contributed by atoms with Crippen LogP contribution in [0.15, 0.2) is 11.3 Å². The Labute approximate surface area is 78.2 Å². The highest BCUT2D eigenvalue weighted by Crippen LogP contribution is 2.09. The van der Waals surface area contributed by atoms with E-state index in [1.54, 1.807) is 7.11 Å². The van der Waals surface area contributed by atoms with Crippen LogP contribution in [-0.4, -0.2) is 31.4 Å². The largest absolute Gasteiger partial charge is 0.495 e. The van der Waals surface area contributed by atoms with Crippen LogP contribution >= 0.6 is 0 Å². The molecule has 0 aliphatic rings. The first-order chi connectivity index (χ1) is 6.13. The zero-order valence-electron chi connectivity index (χ0n) is 8.29. The molecule has 0 amide bonds. The van der Waals surface area contributed by atoms with Crippen molar-refractivity contribution in [2.75, 3.05) is 20.3 Å². The quantitative estimate of drug-likeness (QED) is 0.389. The van der Waals surface area contributed by atoms with Crippen molar-refractivity contribution in [3.8, 4) is 0 Å². The second-order valence-corrected chi connectivity index (χ2v) is 2.55. The third-order valence-corrected chi connectivity index (χ3v) is 1.62. The number of hydrogen-bond donors (Lipinski definition) is 1. The van der Waals surface area contributed by atoms with Crippen LogP contribution in [0.3, 0.4) is 0 Å². The summed E-state index contributed by atoms with van der Waals surface area (Å²) in [6, 6.07) is 0. The van der Waals surface area contributed by atoms with E-state index in [0.717, 1.165) is 0 Å². The van der Waals surface area contributed by atoms with Gasteiger partial charge in [-0.1, -0.05) is 6.92 Å². The third kappa shape index (κ3) is 4.52. The molecule has 4 heteroatoms. The summed E-state index contributed by atoms with van der Waals surface area (Å²) in [5, 5.41) is 8.67. The molecule has 0 fully saturated rings. The molecule has 0 unspecified atom stereocenters. The minimum atomic E-state index is -0.936. The van der Waals surface area contributed by atoms with Gasteiger partial charge < -0.3 is 14.6 Å². The SMILES string of the molecule is CC/C(OCCOC)=C(/C)C(=O)O. The summed E-state index contributed by atoms with van der Waals surface area (Å²) < 4.78 is 10.0. The number of rotatable bonds is 6. The van der Waals surface area contributed by atoms with Gasteiger partial charge in [-0.05, 0) is 6.92 Å². The fraction of sp³-hybridized carbons (Fsp3) is 0.667. The molecule has 4 nitrogen and oxygen atoms in total. The Morgan fingerprint density at radius 3 is 2.38 bits per heavy atom. The van der Waals surface area contributed by atoms with Gasteiger partial charge >= 0.3 is 5.97 Å². The summed E-state index contributed by atoms with van der Waals surface area (Å²) in [4.78, 5) is 10.6. The fourth-order valence-electron chi connectivity index (χ4n) is 0.843. The molecule has 0 aromatic heterocycles. The smallest absolute Gasteiger partial charge is 0.334 e. The zero-order chi connectivity index (χ0) is 10.3. The molecule has 0 aliphatic carbocycles. The number of carboxylic acid groups (broad SMARTS) is 1. The van der Waals surface area contributed by atoms with E-state index < -0.39 is 5.97 Å². The lowest BCUT2D eigenvalue weighted by molar-refractivity contribution is -0.132. The average molecular weight is 188 g/mol. The first kappa shape index (κ1) is 12.0. The van der Waals surface area contributed by atoms with Gasteiger partial charge in [-0.2, -0.15) is 0 Å². The van der Waals surface area contributed by atoms with Crippen molar-refractivity contribution >= 4 is 5.97 Å². The molecular formula is C9H16O4. The van der Waals surface area contributed by atoms with E-state index in [9.17, 15) is 4.79 Å². The number of ether oxygens (including phenoxy) is 2. The molecule has 13 heavy (non-hydrogen) atoms. The summed E-state index contributed by atoms with van der Waals surface area (Å²) in [7, 11) is 1.57. The van der Waals surface area contributed by atoms with E-state index >= 15 is 0 Å². The Morgan fingerprint density at radius 2 is 2.00 bits per heavy atom. The standard InChI is InChI=1S/C9H16O4/c1-4-8(7(2)9(10)11)13-6-5-12-3/h4-6H2,1-3H3,(H,10,11)/b8-7+. The zero-order valence-corrected chi connectivity index (χ0v) is 8.29. The number of hydrogen-bond acceptors (Lipinski definition) is 3. The lowest BCUT2D eigenvalue weighted by Crippen LogP contribution is -2.07. The van der Waals surface area contributed by atoms with Crippen LogP contribution < -0.4 is 0 Å². The summed E-state index contributed by atoms with van der Waals surface area (Å²) in [5.41, 5.74) is 0.263. The first-order valence-electron chi connectivity index (χ1n) is 4.18. The maximum absolute atomic E-state index is 10.6. The van der Waals surface area contributed by atoms with E-state index in [0.29, 0.717) is 25.4 Å². The maximum Gasteiger partial charge on any atom is 0.334 e. The van der Waals surface area contributed by atoms with Crippen molar-refractivity contribution in [2.45, 2.75) is 20.3 Å². The summed E-state index contributed by atoms with van der Waals surface area (Å²) >= 11 is 0. The average Bonchev–Trinajstić information content (AvgIpc) is 2.11. The lowest BCUT2D eigenvalue weighted by atomic mass is 10.2. The molecule has 76 valence electrons. The van der Waals surface area contributed by atoms with Gasteiger partial charge in [0.1, 0.15) is 12.4 Å². The van der Waals surface area contributed by atoms with E-state index in [1.807, 2.05) is 6.92 Å². The van der Waals surface area contributed by atoms with Crippen LogP contribution in [0, 0.1) is 0 Å². The predicted octanol–water partition coefficient (Wildman–Crippen LogP) is 1.42. The molecule has 0 saturated heterocycles. The Hall–Kier alpha value is -1.03. The van der Waals surface area contributed by atoms with Gasteiger partial charge in [0, 0.05) is 13.5 Å². The van der Waals surface area contributed by atoms with E-state index in [1.165, 1.54) is 6.92 Å². The van der Waals surface area contributed by atoms with Crippen LogP contribution in [0.2, 0.25) is 0 Å². The lowest BCUT2D eigenvalue weighted by Gasteiger charge is -2.09. The Balaban J connectivity index is 4.15. The van der Waals surface area contributed by atoms with Crippen molar-refractivity contribution in [2.24, 2.45) is 0 Å². The van der Waals surface area contributed by atoms with Crippen LogP contribution in [0.4, 0.5) is 0 Å². The summed E-state index contributed by atoms with van der Waals surface area (Å²) in [5.74, 6) is -0.418. The van der Waals surface area contributed by atoms with Crippen molar-refractivity contribution in [1.29, 1.82) is 0 Å². The maximum atomic E-state index is 10.6. The number of carboxylic acids is 1. The molecule has 0 aromatic carbocycles. The highest BCUT2D eigenvalue weighted by atomic mass is 16.5. The number of methoxy groups -OCH3 is 1. The van der Waals surface area contributed by atoms with E-state index in [-0.39, 0.29) is 5.57 Å². The van der Waals surface area contributed by atoms with E-state index in [4.69, 9.17) is 14.6 Å². The molecule has 0 spiro atoms. The molecule has 0 rings (SSSR count). The Morgan fingerprint density at radius 1 is 1.38 bits per heavy atom. The van der Waals surface area contributed by atoms with Crippen LogP contribution in [-0.2, 0) is 14.3 Å². The van der Waals surface area contributed by atoms with Gasteiger partial charge in [0.05, 0.1) is 12.2 Å². The second kappa shape index (κ2) is 6.48. The first-order valence-corrected chi connectivity index (χ1v) is 4.18. The second-order valence-electron chi connectivity index (χ2n) is 2.55. The molecule has 0 aliphatic heterocycles. The normalized spacial score (nSPS) is 12.2. The van der Waals surface area contributed by atoms with Gasteiger partial charge in [-0.15, -0.1) is 0 Å². The molecular weight excluding hydrogens is 172 g/mol. The highest BCUT2D eigenvalue weighted by Gasteiger charge is 2.08. The van der Waals surface area contributed by atoms with Gasteiger partial charge in [0.15, 0.2) is 0 Å². The third-order valence-electron chi connectivity index (χ3n) is 1.62.